The fourth-order valence-corrected chi connectivity index (χ4v) is 3.02. The highest BCUT2D eigenvalue weighted by Crippen LogP contribution is 2.19. The predicted octanol–water partition coefficient (Wildman–Crippen LogP) is 1.77. The molecule has 7 nitrogen and oxygen atoms in total. The quantitative estimate of drug-likeness (QED) is 0.810. The Morgan fingerprint density at radius 2 is 2.32 bits per heavy atom. The van der Waals surface area contributed by atoms with Gasteiger partial charge >= 0.3 is 0 Å². The Bertz CT molecular complexity index is 564. The van der Waals surface area contributed by atoms with E-state index in [1.165, 1.54) is 12.8 Å². The van der Waals surface area contributed by atoms with Crippen molar-refractivity contribution in [3.8, 4) is 0 Å². The molecule has 0 aromatic carbocycles. The third-order valence-electron chi connectivity index (χ3n) is 3.97. The van der Waals surface area contributed by atoms with Crippen LogP contribution in [0.3, 0.4) is 0 Å². The molecule has 3 rings (SSSR count). The van der Waals surface area contributed by atoms with E-state index in [1.54, 1.807) is 12.7 Å². The van der Waals surface area contributed by atoms with Gasteiger partial charge in [-0.2, -0.15) is 10.1 Å². The van der Waals surface area contributed by atoms with Crippen molar-refractivity contribution in [1.29, 1.82) is 0 Å². The molecule has 1 atom stereocenters. The largest absolute Gasteiger partial charge is 0.339 e. The number of rotatable bonds is 6. The molecule has 1 aliphatic rings. The summed E-state index contributed by atoms with van der Waals surface area (Å²) in [6.45, 7) is 8.17. The molecule has 120 valence electrons. The van der Waals surface area contributed by atoms with E-state index in [0.29, 0.717) is 11.8 Å². The lowest BCUT2D eigenvalue weighted by Crippen LogP contribution is -2.36. The highest BCUT2D eigenvalue weighted by Gasteiger charge is 2.22. The number of likely N-dealkylation sites (tertiary alicyclic amines) is 1. The SMILES string of the molecule is CC(C)Cc1nc(CN2CCCC(Cn3cncn3)C2)no1. The lowest BCUT2D eigenvalue weighted by molar-refractivity contribution is 0.149. The summed E-state index contributed by atoms with van der Waals surface area (Å²) in [6.07, 6.45) is 6.67. The van der Waals surface area contributed by atoms with E-state index in [4.69, 9.17) is 4.52 Å². The number of nitrogens with zero attached hydrogens (tertiary/aromatic N) is 6. The van der Waals surface area contributed by atoms with Crippen molar-refractivity contribution in [2.45, 2.75) is 46.2 Å². The lowest BCUT2D eigenvalue weighted by atomic mass is 9.98. The van der Waals surface area contributed by atoms with Crippen LogP contribution in [0, 0.1) is 11.8 Å². The van der Waals surface area contributed by atoms with E-state index in [2.05, 4.69) is 39.0 Å². The van der Waals surface area contributed by atoms with Gasteiger partial charge in [0.05, 0.1) is 6.54 Å². The third-order valence-corrected chi connectivity index (χ3v) is 3.97. The van der Waals surface area contributed by atoms with Crippen molar-refractivity contribution >= 4 is 0 Å². The molecule has 0 amide bonds. The Morgan fingerprint density at radius 3 is 3.09 bits per heavy atom. The van der Waals surface area contributed by atoms with Crippen LogP contribution in [0.2, 0.25) is 0 Å². The van der Waals surface area contributed by atoms with Gasteiger partial charge in [-0.3, -0.25) is 9.58 Å². The van der Waals surface area contributed by atoms with E-state index >= 15 is 0 Å². The second-order valence-electron chi connectivity index (χ2n) is 6.56. The molecular weight excluding hydrogens is 280 g/mol. The molecule has 1 unspecified atom stereocenters. The monoisotopic (exact) mass is 304 g/mol. The number of piperidine rings is 1. The van der Waals surface area contributed by atoms with Gasteiger partial charge in [-0.05, 0) is 31.2 Å². The molecule has 22 heavy (non-hydrogen) atoms. The summed E-state index contributed by atoms with van der Waals surface area (Å²) in [5.41, 5.74) is 0. The zero-order valence-electron chi connectivity index (χ0n) is 13.4. The van der Waals surface area contributed by atoms with Gasteiger partial charge < -0.3 is 4.52 Å². The van der Waals surface area contributed by atoms with Crippen molar-refractivity contribution in [2.75, 3.05) is 13.1 Å². The highest BCUT2D eigenvalue weighted by atomic mass is 16.5. The van der Waals surface area contributed by atoms with Gasteiger partial charge in [0.2, 0.25) is 5.89 Å². The molecule has 0 saturated carbocycles. The second kappa shape index (κ2) is 7.00. The van der Waals surface area contributed by atoms with E-state index in [0.717, 1.165) is 44.3 Å². The van der Waals surface area contributed by atoms with Gasteiger partial charge in [0.1, 0.15) is 12.7 Å². The minimum absolute atomic E-state index is 0.537. The topological polar surface area (TPSA) is 72.9 Å². The predicted molar refractivity (Wildman–Crippen MR) is 80.9 cm³/mol. The van der Waals surface area contributed by atoms with Gasteiger partial charge in [-0.1, -0.05) is 19.0 Å². The van der Waals surface area contributed by atoms with Crippen LogP contribution in [0.4, 0.5) is 0 Å². The molecule has 0 aliphatic carbocycles. The van der Waals surface area contributed by atoms with Crippen molar-refractivity contribution in [2.24, 2.45) is 11.8 Å². The second-order valence-corrected chi connectivity index (χ2v) is 6.56. The van der Waals surface area contributed by atoms with Crippen LogP contribution in [0.15, 0.2) is 17.2 Å². The van der Waals surface area contributed by atoms with E-state index < -0.39 is 0 Å². The Labute approximate surface area is 130 Å². The zero-order valence-corrected chi connectivity index (χ0v) is 13.4. The standard InChI is InChI=1S/C15H24N6O/c1-12(2)6-15-18-14(19-22-15)9-20-5-3-4-13(7-20)8-21-11-16-10-17-21/h10-13H,3-9H2,1-2H3. The van der Waals surface area contributed by atoms with Crippen molar-refractivity contribution in [1.82, 2.24) is 29.8 Å². The van der Waals surface area contributed by atoms with Gasteiger partial charge in [0.15, 0.2) is 5.82 Å². The number of hydrogen-bond donors (Lipinski definition) is 0. The molecule has 2 aromatic heterocycles. The smallest absolute Gasteiger partial charge is 0.226 e. The maximum atomic E-state index is 5.32. The maximum absolute atomic E-state index is 5.32. The first-order valence-corrected chi connectivity index (χ1v) is 8.05. The fraction of sp³-hybridized carbons (Fsp3) is 0.733. The molecule has 7 heteroatoms. The van der Waals surface area contributed by atoms with Gasteiger partial charge in [0.25, 0.3) is 0 Å². The molecule has 3 heterocycles. The summed E-state index contributed by atoms with van der Waals surface area (Å²) in [4.78, 5) is 10.9. The summed E-state index contributed by atoms with van der Waals surface area (Å²) >= 11 is 0. The maximum Gasteiger partial charge on any atom is 0.226 e. The molecular formula is C15H24N6O. The fourth-order valence-electron chi connectivity index (χ4n) is 3.02. The summed E-state index contributed by atoms with van der Waals surface area (Å²) in [7, 11) is 0. The van der Waals surface area contributed by atoms with Crippen LogP contribution >= 0.6 is 0 Å². The van der Waals surface area contributed by atoms with Crippen LogP contribution in [0.1, 0.15) is 38.4 Å². The van der Waals surface area contributed by atoms with Crippen LogP contribution in [-0.2, 0) is 19.5 Å². The number of aromatic nitrogens is 5. The molecule has 0 bridgehead atoms. The number of hydrogen-bond acceptors (Lipinski definition) is 6. The lowest BCUT2D eigenvalue weighted by Gasteiger charge is -2.31. The zero-order chi connectivity index (χ0) is 15.4. The molecule has 0 radical (unpaired) electrons. The summed E-state index contributed by atoms with van der Waals surface area (Å²) in [5.74, 6) is 2.70. The van der Waals surface area contributed by atoms with Crippen LogP contribution in [0.25, 0.3) is 0 Å². The third kappa shape index (κ3) is 4.13. The first kappa shape index (κ1) is 15.1. The molecule has 1 aliphatic heterocycles. The van der Waals surface area contributed by atoms with Gasteiger partial charge in [-0.25, -0.2) is 4.98 Å². The molecule has 0 spiro atoms. The summed E-state index contributed by atoms with van der Waals surface area (Å²) < 4.78 is 7.24. The highest BCUT2D eigenvalue weighted by molar-refractivity contribution is 4.88. The average molecular weight is 304 g/mol. The average Bonchev–Trinajstić information content (AvgIpc) is 3.11. The van der Waals surface area contributed by atoms with E-state index in [9.17, 15) is 0 Å². The van der Waals surface area contributed by atoms with Crippen molar-refractivity contribution in [3.05, 3.63) is 24.4 Å². The van der Waals surface area contributed by atoms with E-state index in [1.807, 2.05) is 4.68 Å². The van der Waals surface area contributed by atoms with Gasteiger partial charge in [-0.15, -0.1) is 0 Å². The van der Waals surface area contributed by atoms with Gasteiger partial charge in [0, 0.05) is 19.5 Å². The van der Waals surface area contributed by atoms with Crippen molar-refractivity contribution in [3.63, 3.8) is 0 Å². The Kier molecular flexibility index (Phi) is 4.82. The van der Waals surface area contributed by atoms with Crippen molar-refractivity contribution < 1.29 is 4.52 Å². The first-order valence-electron chi connectivity index (χ1n) is 8.05. The minimum atomic E-state index is 0.537. The first-order chi connectivity index (χ1) is 10.7. The normalized spacial score (nSPS) is 19.9. The molecule has 1 fully saturated rings. The Hall–Kier alpha value is -1.76. The Morgan fingerprint density at radius 1 is 1.41 bits per heavy atom. The molecule has 0 N–H and O–H groups in total. The molecule has 1 saturated heterocycles. The Balaban J connectivity index is 1.52. The summed E-state index contributed by atoms with van der Waals surface area (Å²) in [5, 5.41) is 8.31. The van der Waals surface area contributed by atoms with Crippen LogP contribution < -0.4 is 0 Å². The van der Waals surface area contributed by atoms with E-state index in [-0.39, 0.29) is 0 Å². The van der Waals surface area contributed by atoms with Crippen LogP contribution in [0.5, 0.6) is 0 Å². The molecule has 2 aromatic rings. The van der Waals surface area contributed by atoms with Crippen LogP contribution in [-0.4, -0.2) is 42.9 Å². The summed E-state index contributed by atoms with van der Waals surface area (Å²) in [6, 6.07) is 0. The minimum Gasteiger partial charge on any atom is -0.339 e.